The van der Waals surface area contributed by atoms with E-state index in [9.17, 15) is 4.79 Å². The van der Waals surface area contributed by atoms with Gasteiger partial charge in [-0.25, -0.2) is 4.79 Å². The summed E-state index contributed by atoms with van der Waals surface area (Å²) in [4.78, 5) is 13.5. The van der Waals surface area contributed by atoms with Gasteiger partial charge in [-0.1, -0.05) is 6.08 Å². The van der Waals surface area contributed by atoms with Crippen LogP contribution >= 0.6 is 0 Å². The molecule has 0 aromatic carbocycles. The maximum atomic E-state index is 10.1. The van der Waals surface area contributed by atoms with Crippen molar-refractivity contribution in [1.82, 2.24) is 0 Å². The number of urea groups is 1. The van der Waals surface area contributed by atoms with Crippen molar-refractivity contribution in [1.29, 1.82) is 0 Å². The lowest BCUT2D eigenvalue weighted by Gasteiger charge is -1.84. The maximum Gasteiger partial charge on any atom is 0.338 e. The SMILES string of the molecule is CC=CC(C)=NC(N)=O. The van der Waals surface area contributed by atoms with Crippen LogP contribution in [-0.4, -0.2) is 11.7 Å². The molecule has 0 radical (unpaired) electrons. The summed E-state index contributed by atoms with van der Waals surface area (Å²) in [5.74, 6) is 0. The van der Waals surface area contributed by atoms with E-state index in [-0.39, 0.29) is 0 Å². The van der Waals surface area contributed by atoms with Crippen molar-refractivity contribution in [3.05, 3.63) is 12.2 Å². The Labute approximate surface area is 54.3 Å². The highest BCUT2D eigenvalue weighted by molar-refractivity contribution is 5.99. The third kappa shape index (κ3) is 4.74. The molecule has 3 nitrogen and oxygen atoms in total. The summed E-state index contributed by atoms with van der Waals surface area (Å²) >= 11 is 0. The van der Waals surface area contributed by atoms with E-state index in [1.54, 1.807) is 19.1 Å². The molecule has 0 aromatic rings. The lowest BCUT2D eigenvalue weighted by Crippen LogP contribution is -2.06. The highest BCUT2D eigenvalue weighted by atomic mass is 16.2. The third-order valence-corrected chi connectivity index (χ3v) is 0.694. The summed E-state index contributed by atoms with van der Waals surface area (Å²) < 4.78 is 0. The lowest BCUT2D eigenvalue weighted by atomic mass is 10.4. The van der Waals surface area contributed by atoms with Crippen LogP contribution in [0.4, 0.5) is 4.79 Å². The lowest BCUT2D eigenvalue weighted by molar-refractivity contribution is 0.257. The number of hydrogen-bond acceptors (Lipinski definition) is 1. The summed E-state index contributed by atoms with van der Waals surface area (Å²) in [6.45, 7) is 3.56. The Hall–Kier alpha value is -1.12. The van der Waals surface area contributed by atoms with Gasteiger partial charge in [0.1, 0.15) is 0 Å². The first-order valence-corrected chi connectivity index (χ1v) is 2.64. The zero-order valence-corrected chi connectivity index (χ0v) is 5.59. The van der Waals surface area contributed by atoms with Gasteiger partial charge in [-0.15, -0.1) is 0 Å². The van der Waals surface area contributed by atoms with E-state index in [0.29, 0.717) is 5.71 Å². The van der Waals surface area contributed by atoms with E-state index in [2.05, 4.69) is 4.99 Å². The smallest absolute Gasteiger partial charge is 0.338 e. The van der Waals surface area contributed by atoms with Crippen molar-refractivity contribution in [2.75, 3.05) is 0 Å². The Morgan fingerprint density at radius 3 is 2.56 bits per heavy atom. The number of nitrogens with zero attached hydrogens (tertiary/aromatic N) is 1. The number of primary amides is 1. The number of rotatable bonds is 1. The molecule has 0 aliphatic carbocycles. The molecule has 0 aliphatic heterocycles. The summed E-state index contributed by atoms with van der Waals surface area (Å²) in [6, 6.07) is -0.648. The number of carbonyl (C=O) groups is 1. The first kappa shape index (κ1) is 7.88. The molecule has 0 aliphatic rings. The zero-order valence-electron chi connectivity index (χ0n) is 5.59. The minimum absolute atomic E-state index is 0.630. The molecule has 0 heterocycles. The van der Waals surface area contributed by atoms with E-state index in [1.165, 1.54) is 0 Å². The van der Waals surface area contributed by atoms with Gasteiger partial charge in [0.25, 0.3) is 0 Å². The van der Waals surface area contributed by atoms with Crippen LogP contribution in [0.1, 0.15) is 13.8 Å². The number of amides is 2. The molecule has 9 heavy (non-hydrogen) atoms. The van der Waals surface area contributed by atoms with Crippen LogP contribution in [-0.2, 0) is 0 Å². The van der Waals surface area contributed by atoms with Crippen molar-refractivity contribution in [2.45, 2.75) is 13.8 Å². The van der Waals surface area contributed by atoms with Gasteiger partial charge in [0, 0.05) is 5.71 Å². The molecule has 3 heteroatoms. The van der Waals surface area contributed by atoms with Crippen molar-refractivity contribution >= 4 is 11.7 Å². The molecule has 0 atom stereocenters. The van der Waals surface area contributed by atoms with E-state index < -0.39 is 6.03 Å². The van der Waals surface area contributed by atoms with Gasteiger partial charge in [-0.3, -0.25) is 0 Å². The molecule has 0 bridgehead atoms. The monoisotopic (exact) mass is 126 g/mol. The van der Waals surface area contributed by atoms with Crippen LogP contribution in [0.25, 0.3) is 0 Å². The summed E-state index contributed by atoms with van der Waals surface area (Å²) in [7, 11) is 0. The third-order valence-electron chi connectivity index (χ3n) is 0.694. The Morgan fingerprint density at radius 1 is 1.67 bits per heavy atom. The molecule has 0 saturated heterocycles. The number of allylic oxidation sites excluding steroid dienone is 2. The second kappa shape index (κ2) is 3.83. The zero-order chi connectivity index (χ0) is 7.28. The number of hydrogen-bond donors (Lipinski definition) is 1. The molecular formula is C6H10N2O. The molecule has 0 spiro atoms. The molecule has 50 valence electrons. The number of carbonyl (C=O) groups excluding carboxylic acids is 1. The highest BCUT2D eigenvalue weighted by Crippen LogP contribution is 1.79. The van der Waals surface area contributed by atoms with Crippen LogP contribution in [0.15, 0.2) is 17.1 Å². The predicted octanol–water partition coefficient (Wildman–Crippen LogP) is 1.10. The number of aliphatic imine (C=N–C) groups is 1. The van der Waals surface area contributed by atoms with Crippen molar-refractivity contribution in [3.63, 3.8) is 0 Å². The molecular weight excluding hydrogens is 116 g/mol. The molecule has 2 amide bonds. The van der Waals surface area contributed by atoms with Crippen LogP contribution in [0, 0.1) is 0 Å². The average molecular weight is 126 g/mol. The van der Waals surface area contributed by atoms with Crippen molar-refractivity contribution in [2.24, 2.45) is 10.7 Å². The minimum atomic E-state index is -0.648. The van der Waals surface area contributed by atoms with Gasteiger partial charge in [0.2, 0.25) is 0 Å². The molecule has 0 aromatic heterocycles. The van der Waals surface area contributed by atoms with E-state index >= 15 is 0 Å². The van der Waals surface area contributed by atoms with Crippen LogP contribution < -0.4 is 5.73 Å². The van der Waals surface area contributed by atoms with Crippen LogP contribution in [0.5, 0.6) is 0 Å². The van der Waals surface area contributed by atoms with Crippen molar-refractivity contribution < 1.29 is 4.79 Å². The van der Waals surface area contributed by atoms with Crippen LogP contribution in [0.3, 0.4) is 0 Å². The van der Waals surface area contributed by atoms with Gasteiger partial charge in [0.15, 0.2) is 0 Å². The molecule has 0 unspecified atom stereocenters. The Morgan fingerprint density at radius 2 is 2.22 bits per heavy atom. The number of nitrogens with two attached hydrogens (primary N) is 1. The summed E-state index contributed by atoms with van der Waals surface area (Å²) in [5, 5.41) is 0. The predicted molar refractivity (Wildman–Crippen MR) is 37.5 cm³/mol. The van der Waals surface area contributed by atoms with Gasteiger partial charge in [0.05, 0.1) is 0 Å². The van der Waals surface area contributed by atoms with Gasteiger partial charge < -0.3 is 5.73 Å². The fourth-order valence-electron chi connectivity index (χ4n) is 0.452. The molecule has 2 N–H and O–H groups in total. The first-order chi connectivity index (χ1) is 4.16. The standard InChI is InChI=1S/C6H10N2O/c1-3-4-5(2)8-6(7)9/h3-4H,1-2H3,(H2,7,9). The van der Waals surface area contributed by atoms with Crippen molar-refractivity contribution in [3.8, 4) is 0 Å². The van der Waals surface area contributed by atoms with E-state index in [4.69, 9.17) is 5.73 Å². The molecule has 0 rings (SSSR count). The van der Waals surface area contributed by atoms with Gasteiger partial charge in [-0.2, -0.15) is 4.99 Å². The fraction of sp³-hybridized carbons (Fsp3) is 0.333. The Bertz CT molecular complexity index is 158. The average Bonchev–Trinajstić information content (AvgIpc) is 1.63. The Balaban J connectivity index is 4.00. The largest absolute Gasteiger partial charge is 0.350 e. The first-order valence-electron chi connectivity index (χ1n) is 2.64. The second-order valence-electron chi connectivity index (χ2n) is 1.59. The molecule has 0 fully saturated rings. The summed E-state index contributed by atoms with van der Waals surface area (Å²) in [6.07, 6.45) is 3.51. The Kier molecular flexibility index (Phi) is 3.35. The van der Waals surface area contributed by atoms with Crippen LogP contribution in [0.2, 0.25) is 0 Å². The topological polar surface area (TPSA) is 55.4 Å². The van der Waals surface area contributed by atoms with Gasteiger partial charge in [-0.05, 0) is 19.9 Å². The van der Waals surface area contributed by atoms with Gasteiger partial charge >= 0.3 is 6.03 Å². The minimum Gasteiger partial charge on any atom is -0.350 e. The fourth-order valence-corrected chi connectivity index (χ4v) is 0.452. The highest BCUT2D eigenvalue weighted by Gasteiger charge is 1.85. The van der Waals surface area contributed by atoms with E-state index in [0.717, 1.165) is 0 Å². The second-order valence-corrected chi connectivity index (χ2v) is 1.59. The molecule has 0 saturated carbocycles. The quantitative estimate of drug-likeness (QED) is 0.525. The van der Waals surface area contributed by atoms with E-state index in [1.807, 2.05) is 6.92 Å². The normalized spacial score (nSPS) is 12.4. The maximum absolute atomic E-state index is 10.1. The summed E-state index contributed by atoms with van der Waals surface area (Å²) in [5.41, 5.74) is 5.39.